The molecule has 110 valence electrons. The van der Waals surface area contributed by atoms with E-state index in [1.54, 1.807) is 0 Å². The van der Waals surface area contributed by atoms with Crippen LogP contribution in [0.25, 0.3) is 0 Å². The van der Waals surface area contributed by atoms with Crippen LogP contribution < -0.4 is 0 Å². The highest BCUT2D eigenvalue weighted by molar-refractivity contribution is 6.30. The van der Waals surface area contributed by atoms with Gasteiger partial charge in [0.25, 0.3) is 0 Å². The number of pyridine rings is 1. The highest BCUT2D eigenvalue weighted by Gasteiger charge is 2.20. The highest BCUT2D eigenvalue weighted by Crippen LogP contribution is 2.27. The molecule has 0 N–H and O–H groups in total. The molecule has 0 radical (unpaired) electrons. The number of hydrogen-bond acceptors (Lipinski definition) is 2. The molecule has 21 heavy (non-hydrogen) atoms. The summed E-state index contributed by atoms with van der Waals surface area (Å²) in [6, 6.07) is 12.5. The zero-order chi connectivity index (χ0) is 14.5. The zero-order valence-corrected chi connectivity index (χ0v) is 13.0. The van der Waals surface area contributed by atoms with E-state index in [1.807, 2.05) is 30.6 Å². The molecule has 0 amide bonds. The molecule has 2 nitrogen and oxygen atoms in total. The molecule has 2 heterocycles. The van der Waals surface area contributed by atoms with Crippen LogP contribution >= 0.6 is 11.6 Å². The van der Waals surface area contributed by atoms with E-state index < -0.39 is 0 Å². The monoisotopic (exact) mass is 300 g/mol. The van der Waals surface area contributed by atoms with Gasteiger partial charge < -0.3 is 4.90 Å². The molecule has 0 aliphatic carbocycles. The Labute approximate surface area is 131 Å². The van der Waals surface area contributed by atoms with E-state index in [1.165, 1.54) is 30.5 Å². The summed E-state index contributed by atoms with van der Waals surface area (Å²) in [5.74, 6) is 0.643. The van der Waals surface area contributed by atoms with Crippen molar-refractivity contribution >= 4 is 11.6 Å². The van der Waals surface area contributed by atoms with Gasteiger partial charge in [0, 0.05) is 30.5 Å². The van der Waals surface area contributed by atoms with Gasteiger partial charge in [0.1, 0.15) is 0 Å². The van der Waals surface area contributed by atoms with Crippen LogP contribution in [0.1, 0.15) is 29.9 Å². The third kappa shape index (κ3) is 4.05. The van der Waals surface area contributed by atoms with Gasteiger partial charge in [-0.2, -0.15) is 0 Å². The van der Waals surface area contributed by atoms with E-state index in [4.69, 9.17) is 11.6 Å². The fourth-order valence-electron chi connectivity index (χ4n) is 3.10. The lowest BCUT2D eigenvalue weighted by Gasteiger charge is -2.33. The van der Waals surface area contributed by atoms with Crippen molar-refractivity contribution in [3.8, 4) is 0 Å². The van der Waals surface area contributed by atoms with Gasteiger partial charge in [0.05, 0.1) is 0 Å². The van der Waals surface area contributed by atoms with Crippen LogP contribution in [-0.2, 0) is 6.42 Å². The molecule has 0 unspecified atom stereocenters. The van der Waals surface area contributed by atoms with Crippen LogP contribution in [0.15, 0.2) is 48.8 Å². The summed E-state index contributed by atoms with van der Waals surface area (Å²) in [6.07, 6.45) is 7.45. The van der Waals surface area contributed by atoms with E-state index in [2.05, 4.69) is 28.1 Å². The first-order chi connectivity index (χ1) is 10.3. The first-order valence-electron chi connectivity index (χ1n) is 7.68. The minimum absolute atomic E-state index is 0.643. The number of benzene rings is 1. The minimum Gasteiger partial charge on any atom is -0.302 e. The predicted octanol–water partition coefficient (Wildman–Crippen LogP) is 4.16. The molecule has 3 heteroatoms. The molecule has 1 aliphatic rings. The van der Waals surface area contributed by atoms with Gasteiger partial charge >= 0.3 is 0 Å². The summed E-state index contributed by atoms with van der Waals surface area (Å²) in [6.45, 7) is 3.49. The second kappa shape index (κ2) is 7.06. The molecular formula is C18H21ClN2. The van der Waals surface area contributed by atoms with E-state index in [0.29, 0.717) is 5.92 Å². The fourth-order valence-corrected chi connectivity index (χ4v) is 3.22. The summed E-state index contributed by atoms with van der Waals surface area (Å²) in [5, 5.41) is 0.822. The maximum atomic E-state index is 5.98. The van der Waals surface area contributed by atoms with Crippen molar-refractivity contribution in [2.24, 2.45) is 0 Å². The molecule has 3 rings (SSSR count). The zero-order valence-electron chi connectivity index (χ0n) is 12.2. The number of likely N-dealkylation sites (tertiary alicyclic amines) is 1. The number of halogens is 1. The van der Waals surface area contributed by atoms with Gasteiger partial charge in [-0.25, -0.2) is 0 Å². The molecular weight excluding hydrogens is 280 g/mol. The molecule has 0 bridgehead atoms. The molecule has 1 aliphatic heterocycles. The Kier molecular flexibility index (Phi) is 4.89. The Morgan fingerprint density at radius 3 is 2.81 bits per heavy atom. The van der Waals surface area contributed by atoms with Gasteiger partial charge in [-0.05, 0) is 61.1 Å². The van der Waals surface area contributed by atoms with Crippen molar-refractivity contribution in [3.63, 3.8) is 0 Å². The van der Waals surface area contributed by atoms with Gasteiger partial charge in [0.15, 0.2) is 0 Å². The summed E-state index contributed by atoms with van der Waals surface area (Å²) in [4.78, 5) is 6.77. The molecule has 0 saturated carbocycles. The Bertz CT molecular complexity index is 553. The highest BCUT2D eigenvalue weighted by atomic mass is 35.5. The van der Waals surface area contributed by atoms with E-state index >= 15 is 0 Å². The van der Waals surface area contributed by atoms with Gasteiger partial charge in [-0.3, -0.25) is 4.98 Å². The van der Waals surface area contributed by atoms with E-state index in [0.717, 1.165) is 24.5 Å². The lowest BCUT2D eigenvalue weighted by molar-refractivity contribution is 0.210. The van der Waals surface area contributed by atoms with Crippen LogP contribution in [0.5, 0.6) is 0 Å². The van der Waals surface area contributed by atoms with Crippen molar-refractivity contribution in [2.45, 2.75) is 25.2 Å². The minimum atomic E-state index is 0.643. The van der Waals surface area contributed by atoms with Gasteiger partial charge in [-0.15, -0.1) is 0 Å². The second-order valence-corrected chi connectivity index (χ2v) is 6.24. The smallest absolute Gasteiger partial charge is 0.0406 e. The average Bonchev–Trinajstić information content (AvgIpc) is 2.55. The predicted molar refractivity (Wildman–Crippen MR) is 87.8 cm³/mol. The molecule has 1 aromatic heterocycles. The topological polar surface area (TPSA) is 16.1 Å². The Balaban J connectivity index is 1.57. The number of rotatable bonds is 4. The number of aromatic nitrogens is 1. The quantitative estimate of drug-likeness (QED) is 0.843. The van der Waals surface area contributed by atoms with Crippen molar-refractivity contribution in [1.82, 2.24) is 9.88 Å². The van der Waals surface area contributed by atoms with Crippen LogP contribution in [0.3, 0.4) is 0 Å². The van der Waals surface area contributed by atoms with Crippen LogP contribution in [0.2, 0.25) is 5.02 Å². The molecule has 1 aromatic carbocycles. The van der Waals surface area contributed by atoms with Crippen molar-refractivity contribution < 1.29 is 0 Å². The Morgan fingerprint density at radius 2 is 2.05 bits per heavy atom. The van der Waals surface area contributed by atoms with Gasteiger partial charge in [0.2, 0.25) is 0 Å². The third-order valence-corrected chi connectivity index (χ3v) is 4.54. The van der Waals surface area contributed by atoms with Crippen LogP contribution in [0.4, 0.5) is 0 Å². The maximum Gasteiger partial charge on any atom is 0.0406 e. The van der Waals surface area contributed by atoms with Crippen molar-refractivity contribution in [3.05, 3.63) is 64.9 Å². The number of hydrogen-bond donors (Lipinski definition) is 0. The normalized spacial score (nSPS) is 19.6. The van der Waals surface area contributed by atoms with Crippen LogP contribution in [0, 0.1) is 0 Å². The summed E-state index contributed by atoms with van der Waals surface area (Å²) in [7, 11) is 0. The average molecular weight is 301 g/mol. The second-order valence-electron chi connectivity index (χ2n) is 5.80. The lowest BCUT2D eigenvalue weighted by atomic mass is 9.90. The Morgan fingerprint density at radius 1 is 1.19 bits per heavy atom. The maximum absolute atomic E-state index is 5.98. The third-order valence-electron chi connectivity index (χ3n) is 4.29. The fraction of sp³-hybridized carbons (Fsp3) is 0.389. The van der Waals surface area contributed by atoms with Crippen LogP contribution in [-0.4, -0.2) is 29.5 Å². The summed E-state index contributed by atoms with van der Waals surface area (Å²) >= 11 is 5.98. The lowest BCUT2D eigenvalue weighted by Crippen LogP contribution is -2.35. The number of nitrogens with zero attached hydrogens (tertiary/aromatic N) is 2. The summed E-state index contributed by atoms with van der Waals surface area (Å²) < 4.78 is 0. The summed E-state index contributed by atoms with van der Waals surface area (Å²) in [5.41, 5.74) is 2.75. The van der Waals surface area contributed by atoms with Gasteiger partial charge in [-0.1, -0.05) is 29.8 Å². The number of piperidine rings is 1. The largest absolute Gasteiger partial charge is 0.302 e. The first-order valence-corrected chi connectivity index (χ1v) is 8.06. The molecule has 1 saturated heterocycles. The van der Waals surface area contributed by atoms with E-state index in [-0.39, 0.29) is 0 Å². The Hall–Kier alpha value is -1.38. The SMILES string of the molecule is Clc1ccc([C@H]2CCCN(CCc3cccnc3)C2)cc1. The first kappa shape index (κ1) is 14.6. The molecule has 1 fully saturated rings. The standard InChI is InChI=1S/C18H21ClN2/c19-18-7-5-16(6-8-18)17-4-2-11-21(14-17)12-9-15-3-1-10-20-13-15/h1,3,5-8,10,13,17H,2,4,9,11-12,14H2/t17-/m0/s1. The molecule has 1 atom stereocenters. The van der Waals surface area contributed by atoms with Crippen molar-refractivity contribution in [1.29, 1.82) is 0 Å². The van der Waals surface area contributed by atoms with E-state index in [9.17, 15) is 0 Å². The molecule has 2 aromatic rings. The molecule has 0 spiro atoms. The van der Waals surface area contributed by atoms with Crippen molar-refractivity contribution in [2.75, 3.05) is 19.6 Å².